The number of hydrogen-bond donors (Lipinski definition) is 2. The van der Waals surface area contributed by atoms with Gasteiger partial charge in [-0.2, -0.15) is 5.10 Å². The average Bonchev–Trinajstić information content (AvgIpc) is 2.86. The minimum atomic E-state index is -0.318. The van der Waals surface area contributed by atoms with Crippen LogP contribution in [0.4, 0.5) is 4.39 Å². The third-order valence-electron chi connectivity index (χ3n) is 3.92. The van der Waals surface area contributed by atoms with Crippen LogP contribution in [-0.4, -0.2) is 27.6 Å². The third-order valence-corrected chi connectivity index (χ3v) is 3.92. The highest BCUT2D eigenvalue weighted by Crippen LogP contribution is 2.30. The van der Waals surface area contributed by atoms with Crippen LogP contribution in [-0.2, 0) is 11.3 Å². The fraction of sp³-hybridized carbons (Fsp3) is 0.118. The van der Waals surface area contributed by atoms with Crippen LogP contribution in [0.5, 0.6) is 0 Å². The van der Waals surface area contributed by atoms with E-state index in [1.807, 2.05) is 0 Å². The number of aromatic nitrogens is 3. The number of amides is 1. The van der Waals surface area contributed by atoms with Crippen molar-refractivity contribution in [2.45, 2.75) is 6.61 Å². The van der Waals surface area contributed by atoms with E-state index in [1.165, 1.54) is 18.3 Å². The van der Waals surface area contributed by atoms with E-state index in [1.54, 1.807) is 36.0 Å². The summed E-state index contributed by atoms with van der Waals surface area (Å²) in [5, 5.41) is 4.57. The number of hydrazine groups is 1. The lowest BCUT2D eigenvalue weighted by atomic mass is 10.1. The molecule has 0 aliphatic carbocycles. The SMILES string of the molecule is COCc1nn2c3c(cnc2c1-c1ccc(F)cc1)C(=O)NNC=C3. The zero-order valence-corrected chi connectivity index (χ0v) is 13.3. The summed E-state index contributed by atoms with van der Waals surface area (Å²) in [5.74, 6) is -0.623. The standard InChI is InChI=1S/C17H14FN5O2/c1-25-9-13-15(10-2-4-11(18)5-3-10)16-19-8-12-14(23(16)22-13)6-7-20-21-17(12)24/h2-8,20H,9H2,1H3,(H,21,24). The molecule has 0 saturated carbocycles. The highest BCUT2D eigenvalue weighted by Gasteiger charge is 2.22. The third kappa shape index (κ3) is 2.52. The van der Waals surface area contributed by atoms with Crippen molar-refractivity contribution in [3.05, 3.63) is 59.4 Å². The Labute approximate surface area is 142 Å². The molecule has 1 amide bonds. The van der Waals surface area contributed by atoms with Crippen LogP contribution >= 0.6 is 0 Å². The summed E-state index contributed by atoms with van der Waals surface area (Å²) in [6, 6.07) is 6.11. The minimum absolute atomic E-state index is 0.263. The van der Waals surface area contributed by atoms with Gasteiger partial charge in [-0.05, 0) is 23.8 Å². The maximum atomic E-state index is 13.3. The average molecular weight is 339 g/mol. The quantitative estimate of drug-likeness (QED) is 0.762. The molecule has 0 bridgehead atoms. The summed E-state index contributed by atoms with van der Waals surface area (Å²) < 4.78 is 20.1. The van der Waals surface area contributed by atoms with Gasteiger partial charge in [0.25, 0.3) is 5.91 Å². The molecular formula is C17H14FN5O2. The fourth-order valence-corrected chi connectivity index (χ4v) is 2.83. The molecule has 8 heteroatoms. The van der Waals surface area contributed by atoms with Gasteiger partial charge >= 0.3 is 0 Å². The molecular weight excluding hydrogens is 325 g/mol. The molecule has 25 heavy (non-hydrogen) atoms. The first-order valence-corrected chi connectivity index (χ1v) is 7.57. The number of nitrogens with one attached hydrogen (secondary N) is 2. The largest absolute Gasteiger partial charge is 0.378 e. The summed E-state index contributed by atoms with van der Waals surface area (Å²) in [5.41, 5.74) is 8.93. The zero-order chi connectivity index (χ0) is 17.4. The van der Waals surface area contributed by atoms with Crippen LogP contribution in [0.3, 0.4) is 0 Å². The molecule has 0 radical (unpaired) electrons. The second-order valence-corrected chi connectivity index (χ2v) is 5.49. The number of hydrogen-bond acceptors (Lipinski definition) is 5. The smallest absolute Gasteiger partial charge is 0.273 e. The van der Waals surface area contributed by atoms with Gasteiger partial charge in [-0.3, -0.25) is 10.2 Å². The van der Waals surface area contributed by atoms with E-state index in [9.17, 15) is 9.18 Å². The molecule has 126 valence electrons. The number of nitrogens with zero attached hydrogens (tertiary/aromatic N) is 3. The number of benzene rings is 1. The zero-order valence-electron chi connectivity index (χ0n) is 13.3. The van der Waals surface area contributed by atoms with Crippen molar-refractivity contribution in [1.29, 1.82) is 0 Å². The maximum Gasteiger partial charge on any atom is 0.273 e. The number of fused-ring (bicyclic) bond motifs is 3. The van der Waals surface area contributed by atoms with Gasteiger partial charge in [0.15, 0.2) is 5.65 Å². The summed E-state index contributed by atoms with van der Waals surface area (Å²) in [6.45, 7) is 0.263. The van der Waals surface area contributed by atoms with Crippen molar-refractivity contribution in [2.24, 2.45) is 0 Å². The molecule has 0 spiro atoms. The lowest BCUT2D eigenvalue weighted by Crippen LogP contribution is -2.32. The monoisotopic (exact) mass is 339 g/mol. The molecule has 2 aromatic heterocycles. The van der Waals surface area contributed by atoms with Gasteiger partial charge in [-0.15, -0.1) is 0 Å². The van der Waals surface area contributed by atoms with Gasteiger partial charge in [-0.25, -0.2) is 13.9 Å². The molecule has 7 nitrogen and oxygen atoms in total. The van der Waals surface area contributed by atoms with Gasteiger partial charge < -0.3 is 10.2 Å². The molecule has 2 N–H and O–H groups in total. The van der Waals surface area contributed by atoms with E-state index in [0.29, 0.717) is 22.6 Å². The number of rotatable bonds is 3. The summed E-state index contributed by atoms with van der Waals surface area (Å²) >= 11 is 0. The fourth-order valence-electron chi connectivity index (χ4n) is 2.83. The first-order chi connectivity index (χ1) is 12.2. The summed E-state index contributed by atoms with van der Waals surface area (Å²) in [4.78, 5) is 16.5. The van der Waals surface area contributed by atoms with Crippen LogP contribution < -0.4 is 10.9 Å². The number of halogens is 1. The van der Waals surface area contributed by atoms with Crippen LogP contribution in [0.25, 0.3) is 22.9 Å². The first kappa shape index (κ1) is 15.3. The summed E-state index contributed by atoms with van der Waals surface area (Å²) in [7, 11) is 1.57. The number of carbonyl (C=O) groups excluding carboxylic acids is 1. The first-order valence-electron chi connectivity index (χ1n) is 7.57. The van der Waals surface area contributed by atoms with E-state index in [0.717, 1.165) is 11.1 Å². The van der Waals surface area contributed by atoms with Gasteiger partial charge in [0.2, 0.25) is 0 Å². The second kappa shape index (κ2) is 5.99. The van der Waals surface area contributed by atoms with Gasteiger partial charge in [0.1, 0.15) is 5.82 Å². The van der Waals surface area contributed by atoms with Crippen molar-refractivity contribution in [3.8, 4) is 11.1 Å². The molecule has 0 atom stereocenters. The van der Waals surface area contributed by atoms with Crippen LogP contribution in [0, 0.1) is 5.82 Å². The van der Waals surface area contributed by atoms with Crippen molar-refractivity contribution < 1.29 is 13.9 Å². The highest BCUT2D eigenvalue weighted by molar-refractivity contribution is 5.98. The Balaban J connectivity index is 2.01. The predicted octanol–water partition coefficient (Wildman–Crippen LogP) is 1.90. The van der Waals surface area contributed by atoms with E-state index in [2.05, 4.69) is 20.9 Å². The highest BCUT2D eigenvalue weighted by atomic mass is 19.1. The van der Waals surface area contributed by atoms with Crippen LogP contribution in [0.1, 0.15) is 21.7 Å². The molecule has 1 aliphatic heterocycles. The Morgan fingerprint density at radius 1 is 1.28 bits per heavy atom. The van der Waals surface area contributed by atoms with Crippen LogP contribution in [0.15, 0.2) is 36.7 Å². The number of carbonyl (C=O) groups is 1. The molecule has 0 fully saturated rings. The Hall–Kier alpha value is -3.26. The molecule has 0 saturated heterocycles. The lowest BCUT2D eigenvalue weighted by Gasteiger charge is -2.06. The second-order valence-electron chi connectivity index (χ2n) is 5.49. The van der Waals surface area contributed by atoms with Gasteiger partial charge in [0, 0.05) is 19.5 Å². The van der Waals surface area contributed by atoms with Crippen molar-refractivity contribution in [2.75, 3.05) is 7.11 Å². The van der Waals surface area contributed by atoms with Crippen molar-refractivity contribution in [3.63, 3.8) is 0 Å². The number of methoxy groups -OCH3 is 1. The molecule has 4 rings (SSSR count). The topological polar surface area (TPSA) is 80.5 Å². The molecule has 3 aromatic rings. The Kier molecular flexibility index (Phi) is 3.66. The molecule has 1 aromatic carbocycles. The van der Waals surface area contributed by atoms with Crippen molar-refractivity contribution in [1.82, 2.24) is 25.4 Å². The van der Waals surface area contributed by atoms with Crippen LogP contribution in [0.2, 0.25) is 0 Å². The van der Waals surface area contributed by atoms with E-state index in [-0.39, 0.29) is 18.3 Å². The number of ether oxygens (including phenoxy) is 1. The van der Waals surface area contributed by atoms with Gasteiger partial charge in [0.05, 0.1) is 29.1 Å². The maximum absolute atomic E-state index is 13.3. The Morgan fingerprint density at radius 3 is 2.84 bits per heavy atom. The van der Waals surface area contributed by atoms with E-state index < -0.39 is 0 Å². The van der Waals surface area contributed by atoms with E-state index >= 15 is 0 Å². The van der Waals surface area contributed by atoms with Gasteiger partial charge in [-0.1, -0.05) is 12.1 Å². The molecule has 3 heterocycles. The predicted molar refractivity (Wildman–Crippen MR) is 88.7 cm³/mol. The Morgan fingerprint density at radius 2 is 2.08 bits per heavy atom. The molecule has 1 aliphatic rings. The normalized spacial score (nSPS) is 13.3. The molecule has 0 unspecified atom stereocenters. The summed E-state index contributed by atoms with van der Waals surface area (Å²) in [6.07, 6.45) is 4.85. The minimum Gasteiger partial charge on any atom is -0.378 e. The Bertz CT molecular complexity index is 994. The lowest BCUT2D eigenvalue weighted by molar-refractivity contribution is 0.0941. The van der Waals surface area contributed by atoms with Crippen molar-refractivity contribution >= 4 is 17.6 Å². The van der Waals surface area contributed by atoms with E-state index in [4.69, 9.17) is 4.74 Å².